The summed E-state index contributed by atoms with van der Waals surface area (Å²) in [4.78, 5) is 1.61. The highest BCUT2D eigenvalue weighted by molar-refractivity contribution is 7.15. The molecule has 2 aromatic rings. The summed E-state index contributed by atoms with van der Waals surface area (Å²) < 4.78 is 40.8. The third-order valence-corrected chi connectivity index (χ3v) is 3.38. The summed E-state index contributed by atoms with van der Waals surface area (Å²) in [5, 5.41) is 0. The van der Waals surface area contributed by atoms with E-state index in [1.54, 1.807) is 24.3 Å². The van der Waals surface area contributed by atoms with Crippen LogP contribution in [0.1, 0.15) is 4.88 Å². The van der Waals surface area contributed by atoms with Crippen molar-refractivity contribution < 1.29 is 17.9 Å². The number of hydrogen-bond acceptors (Lipinski definition) is 3. The van der Waals surface area contributed by atoms with Gasteiger partial charge >= 0.3 is 6.36 Å². The van der Waals surface area contributed by atoms with Gasteiger partial charge in [0, 0.05) is 21.9 Å². The average Bonchev–Trinajstić information content (AvgIpc) is 2.76. The fourth-order valence-corrected chi connectivity index (χ4v) is 2.43. The number of nitrogens with two attached hydrogens (primary N) is 1. The van der Waals surface area contributed by atoms with Crippen LogP contribution in [0.15, 0.2) is 36.4 Å². The van der Waals surface area contributed by atoms with Crippen LogP contribution in [0.2, 0.25) is 0 Å². The Morgan fingerprint density at radius 3 is 2.44 bits per heavy atom. The van der Waals surface area contributed by atoms with Gasteiger partial charge in [-0.15, -0.1) is 24.5 Å². The molecule has 96 valence electrons. The number of thiophene rings is 1. The lowest BCUT2D eigenvalue weighted by Gasteiger charge is -2.12. The molecule has 0 atom stereocenters. The van der Waals surface area contributed by atoms with Crippen molar-refractivity contribution in [2.24, 2.45) is 5.73 Å². The Morgan fingerprint density at radius 2 is 1.83 bits per heavy atom. The number of para-hydroxylation sites is 1. The van der Waals surface area contributed by atoms with E-state index in [1.807, 2.05) is 0 Å². The third-order valence-electron chi connectivity index (χ3n) is 2.24. The van der Waals surface area contributed by atoms with Crippen LogP contribution in [0.25, 0.3) is 10.4 Å². The molecule has 0 saturated carbocycles. The maximum Gasteiger partial charge on any atom is 0.573 e. The maximum atomic E-state index is 12.3. The van der Waals surface area contributed by atoms with Gasteiger partial charge in [-0.2, -0.15) is 0 Å². The van der Waals surface area contributed by atoms with Crippen LogP contribution < -0.4 is 10.5 Å². The second-order valence-electron chi connectivity index (χ2n) is 3.51. The molecular formula is C12H10F3NOS. The summed E-state index contributed by atoms with van der Waals surface area (Å²) in [7, 11) is 0. The molecule has 0 fully saturated rings. The van der Waals surface area contributed by atoms with Crippen LogP contribution in [-0.2, 0) is 6.54 Å². The van der Waals surface area contributed by atoms with Gasteiger partial charge < -0.3 is 10.5 Å². The Kier molecular flexibility index (Phi) is 3.58. The van der Waals surface area contributed by atoms with Crippen LogP contribution in [0, 0.1) is 0 Å². The first-order valence-electron chi connectivity index (χ1n) is 5.13. The minimum atomic E-state index is -4.69. The largest absolute Gasteiger partial charge is 0.573 e. The van der Waals surface area contributed by atoms with Gasteiger partial charge in [0.15, 0.2) is 0 Å². The number of rotatable bonds is 3. The molecule has 2 nitrogen and oxygen atoms in total. The predicted octanol–water partition coefficient (Wildman–Crippen LogP) is 3.77. The number of benzene rings is 1. The third kappa shape index (κ3) is 3.02. The summed E-state index contributed by atoms with van der Waals surface area (Å²) in [6.45, 7) is 0.368. The van der Waals surface area contributed by atoms with Gasteiger partial charge in [-0.3, -0.25) is 0 Å². The molecule has 18 heavy (non-hydrogen) atoms. The molecule has 0 aliphatic carbocycles. The minimum absolute atomic E-state index is 0.199. The molecule has 0 bridgehead atoms. The van der Waals surface area contributed by atoms with Gasteiger partial charge in [-0.1, -0.05) is 12.1 Å². The molecule has 0 amide bonds. The lowest BCUT2D eigenvalue weighted by Crippen LogP contribution is -2.17. The lowest BCUT2D eigenvalue weighted by atomic mass is 10.1. The molecule has 0 saturated heterocycles. The summed E-state index contributed by atoms with van der Waals surface area (Å²) in [5.41, 5.74) is 5.90. The van der Waals surface area contributed by atoms with Crippen LogP contribution in [0.5, 0.6) is 5.75 Å². The molecule has 0 spiro atoms. The van der Waals surface area contributed by atoms with Gasteiger partial charge in [0.1, 0.15) is 5.75 Å². The van der Waals surface area contributed by atoms with Gasteiger partial charge in [-0.25, -0.2) is 0 Å². The van der Waals surface area contributed by atoms with E-state index in [0.29, 0.717) is 17.0 Å². The monoisotopic (exact) mass is 273 g/mol. The van der Waals surface area contributed by atoms with Crippen molar-refractivity contribution in [3.05, 3.63) is 41.3 Å². The van der Waals surface area contributed by atoms with E-state index in [0.717, 1.165) is 4.88 Å². The first-order valence-corrected chi connectivity index (χ1v) is 5.95. The predicted molar refractivity (Wildman–Crippen MR) is 64.3 cm³/mol. The molecule has 1 aromatic carbocycles. The normalized spacial score (nSPS) is 11.6. The fourth-order valence-electron chi connectivity index (χ4n) is 1.52. The van der Waals surface area contributed by atoms with E-state index >= 15 is 0 Å². The van der Waals surface area contributed by atoms with Gasteiger partial charge in [0.25, 0.3) is 0 Å². The van der Waals surface area contributed by atoms with Crippen LogP contribution in [-0.4, -0.2) is 6.36 Å². The molecule has 6 heteroatoms. The van der Waals surface area contributed by atoms with E-state index in [1.165, 1.54) is 23.5 Å². The van der Waals surface area contributed by atoms with Crippen molar-refractivity contribution in [3.8, 4) is 16.2 Å². The quantitative estimate of drug-likeness (QED) is 0.923. The Hall–Kier alpha value is -1.53. The molecule has 1 aromatic heterocycles. The van der Waals surface area contributed by atoms with Gasteiger partial charge in [0.2, 0.25) is 0 Å². The zero-order valence-electron chi connectivity index (χ0n) is 9.20. The highest BCUT2D eigenvalue weighted by atomic mass is 32.1. The van der Waals surface area contributed by atoms with Crippen molar-refractivity contribution in [1.82, 2.24) is 0 Å². The SMILES string of the molecule is NCc1ccc(-c2ccccc2OC(F)(F)F)s1. The van der Waals surface area contributed by atoms with Crippen molar-refractivity contribution in [1.29, 1.82) is 0 Å². The highest BCUT2D eigenvalue weighted by Gasteiger charge is 2.32. The maximum absolute atomic E-state index is 12.3. The van der Waals surface area contributed by atoms with Crippen molar-refractivity contribution in [3.63, 3.8) is 0 Å². The van der Waals surface area contributed by atoms with Crippen LogP contribution in [0.4, 0.5) is 13.2 Å². The second kappa shape index (κ2) is 4.99. The second-order valence-corrected chi connectivity index (χ2v) is 4.68. The van der Waals surface area contributed by atoms with E-state index in [9.17, 15) is 13.2 Å². The highest BCUT2D eigenvalue weighted by Crippen LogP contribution is 2.37. The van der Waals surface area contributed by atoms with Crippen LogP contribution in [0.3, 0.4) is 0 Å². The molecule has 2 rings (SSSR count). The van der Waals surface area contributed by atoms with E-state index in [-0.39, 0.29) is 5.75 Å². The van der Waals surface area contributed by atoms with E-state index in [2.05, 4.69) is 4.74 Å². The topological polar surface area (TPSA) is 35.2 Å². The summed E-state index contributed by atoms with van der Waals surface area (Å²) in [5.74, 6) is -0.199. The molecule has 0 aliphatic heterocycles. The average molecular weight is 273 g/mol. The first-order chi connectivity index (χ1) is 8.49. The molecule has 1 heterocycles. The zero-order chi connectivity index (χ0) is 13.2. The number of ether oxygens (including phenoxy) is 1. The fraction of sp³-hybridized carbons (Fsp3) is 0.167. The van der Waals surface area contributed by atoms with E-state index < -0.39 is 6.36 Å². The number of hydrogen-bond donors (Lipinski definition) is 1. The Bertz CT molecular complexity index is 536. The Balaban J connectivity index is 2.38. The standard InChI is InChI=1S/C12H10F3NOS/c13-12(14,15)17-10-4-2-1-3-9(10)11-6-5-8(7-16)18-11/h1-6H,7,16H2. The van der Waals surface area contributed by atoms with Crippen LogP contribution >= 0.6 is 11.3 Å². The Labute approximate surface area is 106 Å². The molecule has 0 unspecified atom stereocenters. The zero-order valence-corrected chi connectivity index (χ0v) is 10.0. The van der Waals surface area contributed by atoms with Crippen molar-refractivity contribution >= 4 is 11.3 Å². The smallest absolute Gasteiger partial charge is 0.405 e. The van der Waals surface area contributed by atoms with Gasteiger partial charge in [0.05, 0.1) is 0 Å². The molecule has 0 radical (unpaired) electrons. The Morgan fingerprint density at radius 1 is 1.11 bits per heavy atom. The van der Waals surface area contributed by atoms with E-state index in [4.69, 9.17) is 5.73 Å². The summed E-state index contributed by atoms with van der Waals surface area (Å²) >= 11 is 1.35. The lowest BCUT2D eigenvalue weighted by molar-refractivity contribution is -0.274. The summed E-state index contributed by atoms with van der Waals surface area (Å²) in [6, 6.07) is 9.59. The minimum Gasteiger partial charge on any atom is -0.405 e. The molecular weight excluding hydrogens is 263 g/mol. The van der Waals surface area contributed by atoms with Gasteiger partial charge in [-0.05, 0) is 24.3 Å². The number of halogens is 3. The molecule has 0 aliphatic rings. The molecule has 2 N–H and O–H groups in total. The van der Waals surface area contributed by atoms with Crippen molar-refractivity contribution in [2.45, 2.75) is 12.9 Å². The summed E-state index contributed by atoms with van der Waals surface area (Å²) in [6.07, 6.45) is -4.69. The first kappa shape index (κ1) is 12.9. The number of alkyl halides is 3. The van der Waals surface area contributed by atoms with Crippen molar-refractivity contribution in [2.75, 3.05) is 0 Å².